The van der Waals surface area contributed by atoms with E-state index >= 15 is 0 Å². The van der Waals surface area contributed by atoms with Gasteiger partial charge in [-0.25, -0.2) is 9.97 Å². The molecule has 2 aromatic heterocycles. The Morgan fingerprint density at radius 1 is 1.04 bits per heavy atom. The Morgan fingerprint density at radius 3 is 2.79 bits per heavy atom. The number of rotatable bonds is 3. The number of thioether (sulfide) groups is 1. The Morgan fingerprint density at radius 2 is 1.92 bits per heavy atom. The third kappa shape index (κ3) is 2.86. The summed E-state index contributed by atoms with van der Waals surface area (Å²) in [5, 5.41) is 3.93. The minimum atomic E-state index is -0.213. The summed E-state index contributed by atoms with van der Waals surface area (Å²) >= 11 is 3.24. The fourth-order valence-electron chi connectivity index (χ4n) is 2.46. The third-order valence-corrected chi connectivity index (χ3v) is 5.64. The number of thiazole rings is 1. The molecule has 0 atom stereocenters. The molecule has 0 aliphatic heterocycles. The first-order chi connectivity index (χ1) is 11.7. The summed E-state index contributed by atoms with van der Waals surface area (Å²) in [6.45, 7) is 0. The lowest BCUT2D eigenvalue weighted by Crippen LogP contribution is -2.13. The van der Waals surface area contributed by atoms with Crippen LogP contribution in [-0.4, -0.2) is 22.1 Å². The van der Waals surface area contributed by atoms with Crippen LogP contribution in [0.3, 0.4) is 0 Å². The molecule has 0 unspecified atom stereocenters. The predicted octanol–water partition coefficient (Wildman–Crippen LogP) is 4.82. The molecule has 6 heteroatoms. The monoisotopic (exact) mass is 351 g/mol. The number of anilines is 1. The van der Waals surface area contributed by atoms with E-state index in [1.165, 1.54) is 0 Å². The molecule has 4 rings (SSSR count). The molecule has 4 aromatic rings. The number of nitrogens with one attached hydrogen (secondary N) is 1. The molecule has 0 aliphatic carbocycles. The molecule has 24 heavy (non-hydrogen) atoms. The maximum absolute atomic E-state index is 12.5. The molecule has 0 saturated carbocycles. The molecule has 0 radical (unpaired) electrons. The average molecular weight is 351 g/mol. The standard InChI is InChI=1S/C18H13N3OS2/c1-23-18-21-14-9-7-12(10-16(14)24-18)19-17(22)15-8-6-11-4-2-3-5-13(11)20-15/h2-10H,1H3,(H,19,22). The number of aromatic nitrogens is 2. The minimum Gasteiger partial charge on any atom is -0.321 e. The number of fused-ring (bicyclic) bond motifs is 2. The van der Waals surface area contributed by atoms with Crippen molar-refractivity contribution in [3.8, 4) is 0 Å². The molecule has 1 amide bonds. The van der Waals surface area contributed by atoms with Crippen molar-refractivity contribution in [2.75, 3.05) is 11.6 Å². The van der Waals surface area contributed by atoms with Gasteiger partial charge in [-0.05, 0) is 36.6 Å². The van der Waals surface area contributed by atoms with E-state index in [-0.39, 0.29) is 5.91 Å². The third-order valence-electron chi connectivity index (χ3n) is 3.63. The van der Waals surface area contributed by atoms with Gasteiger partial charge in [-0.15, -0.1) is 11.3 Å². The maximum Gasteiger partial charge on any atom is 0.274 e. The molecular weight excluding hydrogens is 338 g/mol. The van der Waals surface area contributed by atoms with Crippen LogP contribution in [0.2, 0.25) is 0 Å². The highest BCUT2D eigenvalue weighted by molar-refractivity contribution is 8.00. The summed E-state index contributed by atoms with van der Waals surface area (Å²) in [4.78, 5) is 21.4. The van der Waals surface area contributed by atoms with Crippen LogP contribution in [0.1, 0.15) is 10.5 Å². The number of para-hydroxylation sites is 1. The largest absolute Gasteiger partial charge is 0.321 e. The Labute approximate surface area is 146 Å². The number of carbonyl (C=O) groups is 1. The highest BCUT2D eigenvalue weighted by Gasteiger charge is 2.10. The predicted molar refractivity (Wildman–Crippen MR) is 101 cm³/mol. The van der Waals surface area contributed by atoms with Gasteiger partial charge in [0.15, 0.2) is 4.34 Å². The van der Waals surface area contributed by atoms with E-state index in [1.54, 1.807) is 29.2 Å². The van der Waals surface area contributed by atoms with Crippen molar-refractivity contribution in [2.45, 2.75) is 4.34 Å². The molecule has 0 bridgehead atoms. The number of hydrogen-bond acceptors (Lipinski definition) is 5. The maximum atomic E-state index is 12.5. The number of amides is 1. The molecule has 0 saturated heterocycles. The van der Waals surface area contributed by atoms with Crippen molar-refractivity contribution in [1.82, 2.24) is 9.97 Å². The van der Waals surface area contributed by atoms with Crippen molar-refractivity contribution in [1.29, 1.82) is 0 Å². The van der Waals surface area contributed by atoms with Gasteiger partial charge in [0.25, 0.3) is 5.91 Å². The van der Waals surface area contributed by atoms with Crippen LogP contribution in [0, 0.1) is 0 Å². The van der Waals surface area contributed by atoms with Gasteiger partial charge in [-0.3, -0.25) is 4.79 Å². The Balaban J connectivity index is 1.62. The SMILES string of the molecule is CSc1nc2ccc(NC(=O)c3ccc4ccccc4n3)cc2s1. The molecule has 2 aromatic carbocycles. The summed E-state index contributed by atoms with van der Waals surface area (Å²) in [7, 11) is 0. The van der Waals surface area contributed by atoms with Crippen LogP contribution in [0.4, 0.5) is 5.69 Å². The van der Waals surface area contributed by atoms with Crippen LogP contribution in [0.25, 0.3) is 21.1 Å². The fourth-order valence-corrected chi connectivity index (χ4v) is 3.98. The first-order valence-corrected chi connectivity index (χ1v) is 9.39. The van der Waals surface area contributed by atoms with E-state index in [4.69, 9.17) is 0 Å². The molecule has 0 spiro atoms. The molecule has 0 aliphatic rings. The summed E-state index contributed by atoms with van der Waals surface area (Å²) in [5.74, 6) is -0.213. The fraction of sp³-hybridized carbons (Fsp3) is 0.0556. The zero-order valence-corrected chi connectivity index (χ0v) is 14.4. The van der Waals surface area contributed by atoms with Gasteiger partial charge in [0.2, 0.25) is 0 Å². The van der Waals surface area contributed by atoms with Crippen molar-refractivity contribution in [2.24, 2.45) is 0 Å². The molecule has 2 heterocycles. The van der Waals surface area contributed by atoms with E-state index in [0.717, 1.165) is 31.1 Å². The van der Waals surface area contributed by atoms with Crippen LogP contribution >= 0.6 is 23.1 Å². The second kappa shape index (κ2) is 6.22. The highest BCUT2D eigenvalue weighted by Crippen LogP contribution is 2.30. The Bertz CT molecular complexity index is 1060. The number of nitrogens with zero attached hydrogens (tertiary/aromatic N) is 2. The number of pyridine rings is 1. The lowest BCUT2D eigenvalue weighted by Gasteiger charge is -2.05. The van der Waals surface area contributed by atoms with Gasteiger partial charge in [-0.1, -0.05) is 36.0 Å². The second-order valence-electron chi connectivity index (χ2n) is 5.21. The Hall–Kier alpha value is -2.44. The lowest BCUT2D eigenvalue weighted by atomic mass is 10.2. The molecule has 0 fully saturated rings. The first kappa shape index (κ1) is 15.1. The van der Waals surface area contributed by atoms with Gasteiger partial charge in [0, 0.05) is 11.1 Å². The Kier molecular flexibility index (Phi) is 3.92. The smallest absolute Gasteiger partial charge is 0.274 e. The zero-order valence-electron chi connectivity index (χ0n) is 12.8. The van der Waals surface area contributed by atoms with Gasteiger partial charge in [0.1, 0.15) is 5.69 Å². The normalized spacial score (nSPS) is 11.0. The first-order valence-electron chi connectivity index (χ1n) is 7.35. The van der Waals surface area contributed by atoms with E-state index < -0.39 is 0 Å². The average Bonchev–Trinajstić information content (AvgIpc) is 3.03. The summed E-state index contributed by atoms with van der Waals surface area (Å²) in [5.41, 5.74) is 2.92. The van der Waals surface area contributed by atoms with Crippen molar-refractivity contribution < 1.29 is 4.79 Å². The lowest BCUT2D eigenvalue weighted by molar-refractivity contribution is 0.102. The molecular formula is C18H13N3OS2. The van der Waals surface area contributed by atoms with Crippen LogP contribution in [0.15, 0.2) is 58.9 Å². The van der Waals surface area contributed by atoms with Crippen molar-refractivity contribution >= 4 is 55.8 Å². The minimum absolute atomic E-state index is 0.213. The van der Waals surface area contributed by atoms with Crippen molar-refractivity contribution in [3.05, 3.63) is 60.3 Å². The van der Waals surface area contributed by atoms with E-state index in [2.05, 4.69) is 15.3 Å². The van der Waals surface area contributed by atoms with Crippen LogP contribution in [-0.2, 0) is 0 Å². The van der Waals surface area contributed by atoms with Gasteiger partial charge in [0.05, 0.1) is 15.7 Å². The van der Waals surface area contributed by atoms with Crippen molar-refractivity contribution in [3.63, 3.8) is 0 Å². The van der Waals surface area contributed by atoms with Crippen LogP contribution < -0.4 is 5.32 Å². The quantitative estimate of drug-likeness (QED) is 0.538. The number of carbonyl (C=O) groups excluding carboxylic acids is 1. The van der Waals surface area contributed by atoms with Gasteiger partial charge in [-0.2, -0.15) is 0 Å². The summed E-state index contributed by atoms with van der Waals surface area (Å²) < 4.78 is 2.08. The van der Waals surface area contributed by atoms with Crippen LogP contribution in [0.5, 0.6) is 0 Å². The zero-order chi connectivity index (χ0) is 16.5. The van der Waals surface area contributed by atoms with Gasteiger partial charge >= 0.3 is 0 Å². The number of hydrogen-bond donors (Lipinski definition) is 1. The summed E-state index contributed by atoms with van der Waals surface area (Å²) in [6.07, 6.45) is 2.01. The molecule has 118 valence electrons. The van der Waals surface area contributed by atoms with E-state index in [0.29, 0.717) is 5.69 Å². The van der Waals surface area contributed by atoms with Gasteiger partial charge < -0.3 is 5.32 Å². The highest BCUT2D eigenvalue weighted by atomic mass is 32.2. The topological polar surface area (TPSA) is 54.9 Å². The number of benzene rings is 2. The molecule has 4 nitrogen and oxygen atoms in total. The second-order valence-corrected chi connectivity index (χ2v) is 7.29. The molecule has 1 N–H and O–H groups in total. The van der Waals surface area contributed by atoms with E-state index in [9.17, 15) is 4.79 Å². The van der Waals surface area contributed by atoms with E-state index in [1.807, 2.05) is 54.8 Å². The summed E-state index contributed by atoms with van der Waals surface area (Å²) in [6, 6.07) is 17.1.